The zero-order chi connectivity index (χ0) is 20.4. The van der Waals surface area contributed by atoms with E-state index in [4.69, 9.17) is 16.3 Å². The Morgan fingerprint density at radius 3 is 3.03 bits per heavy atom. The fraction of sp³-hybridized carbons (Fsp3) is 0.105. The van der Waals surface area contributed by atoms with Crippen LogP contribution in [0.1, 0.15) is 10.4 Å². The number of anilines is 1. The molecule has 10 heteroatoms. The van der Waals surface area contributed by atoms with Crippen molar-refractivity contribution in [1.29, 1.82) is 0 Å². The third-order valence-electron chi connectivity index (χ3n) is 4.21. The van der Waals surface area contributed by atoms with Crippen LogP contribution in [-0.2, 0) is 11.3 Å². The molecule has 9 nitrogen and oxygen atoms in total. The average Bonchev–Trinajstić information content (AvgIpc) is 3.32. The summed E-state index contributed by atoms with van der Waals surface area (Å²) in [5, 5.41) is 11.8. The summed E-state index contributed by atoms with van der Waals surface area (Å²) in [6.45, 7) is 0.0318. The zero-order valence-corrected chi connectivity index (χ0v) is 16.0. The van der Waals surface area contributed by atoms with E-state index in [0.29, 0.717) is 45.2 Å². The van der Waals surface area contributed by atoms with Gasteiger partial charge in [-0.15, -0.1) is 0 Å². The summed E-state index contributed by atoms with van der Waals surface area (Å²) in [4.78, 5) is 28.0. The third-order valence-corrected chi connectivity index (χ3v) is 4.45. The average molecular weight is 411 g/mol. The van der Waals surface area contributed by atoms with Gasteiger partial charge in [0.25, 0.3) is 5.91 Å². The second kappa shape index (κ2) is 7.72. The molecular weight excluding hydrogens is 396 g/mol. The quantitative estimate of drug-likeness (QED) is 0.490. The van der Waals surface area contributed by atoms with Crippen molar-refractivity contribution in [3.8, 4) is 17.0 Å². The van der Waals surface area contributed by atoms with Crippen LogP contribution in [-0.4, -0.2) is 43.7 Å². The van der Waals surface area contributed by atoms with Crippen LogP contribution >= 0.6 is 11.6 Å². The van der Waals surface area contributed by atoms with E-state index in [-0.39, 0.29) is 6.54 Å². The molecule has 0 saturated carbocycles. The van der Waals surface area contributed by atoms with Gasteiger partial charge in [-0.3, -0.25) is 9.48 Å². The number of aldehydes is 1. The fourth-order valence-corrected chi connectivity index (χ4v) is 3.10. The highest BCUT2D eigenvalue weighted by Crippen LogP contribution is 2.36. The van der Waals surface area contributed by atoms with Gasteiger partial charge in [0.1, 0.15) is 23.3 Å². The maximum absolute atomic E-state index is 12.9. The van der Waals surface area contributed by atoms with E-state index in [2.05, 4.69) is 20.5 Å². The third kappa shape index (κ3) is 3.55. The highest BCUT2D eigenvalue weighted by molar-refractivity contribution is 6.31. The summed E-state index contributed by atoms with van der Waals surface area (Å²) in [6, 6.07) is 6.79. The highest BCUT2D eigenvalue weighted by Gasteiger charge is 2.20. The van der Waals surface area contributed by atoms with E-state index in [1.807, 2.05) is 0 Å². The molecule has 0 spiro atoms. The van der Waals surface area contributed by atoms with E-state index in [9.17, 15) is 9.59 Å². The molecule has 0 saturated heterocycles. The summed E-state index contributed by atoms with van der Waals surface area (Å²) >= 11 is 6.14. The second-order valence-electron chi connectivity index (χ2n) is 6.02. The number of hydrogen-bond donors (Lipinski definition) is 1. The Hall–Kier alpha value is -3.72. The van der Waals surface area contributed by atoms with E-state index < -0.39 is 5.91 Å². The molecule has 1 aromatic carbocycles. The topological polar surface area (TPSA) is 103 Å². The molecule has 0 unspecified atom stereocenters. The molecule has 4 rings (SSSR count). The van der Waals surface area contributed by atoms with Gasteiger partial charge in [-0.2, -0.15) is 10.2 Å². The number of methoxy groups -OCH3 is 1. The first-order valence-electron chi connectivity index (χ1n) is 8.55. The number of aromatic nitrogens is 5. The monoisotopic (exact) mass is 410 g/mol. The van der Waals surface area contributed by atoms with Crippen molar-refractivity contribution in [1.82, 2.24) is 24.4 Å². The van der Waals surface area contributed by atoms with Gasteiger partial charge < -0.3 is 14.8 Å². The maximum Gasteiger partial charge on any atom is 0.261 e. The number of nitrogens with one attached hydrogen (secondary N) is 1. The van der Waals surface area contributed by atoms with Crippen LogP contribution in [0.5, 0.6) is 5.75 Å². The number of benzene rings is 1. The maximum atomic E-state index is 12.9. The Bertz CT molecular complexity index is 1220. The summed E-state index contributed by atoms with van der Waals surface area (Å²) < 4.78 is 8.33. The second-order valence-corrected chi connectivity index (χ2v) is 6.46. The Balaban J connectivity index is 1.76. The van der Waals surface area contributed by atoms with Gasteiger partial charge in [-0.05, 0) is 24.3 Å². The van der Waals surface area contributed by atoms with Crippen LogP contribution in [0, 0.1) is 0 Å². The Morgan fingerprint density at radius 2 is 2.24 bits per heavy atom. The molecule has 1 amide bonds. The minimum atomic E-state index is -0.411. The van der Waals surface area contributed by atoms with Crippen molar-refractivity contribution in [2.45, 2.75) is 6.54 Å². The number of amides is 1. The van der Waals surface area contributed by atoms with Crippen LogP contribution in [0.25, 0.3) is 16.9 Å². The zero-order valence-electron chi connectivity index (χ0n) is 15.2. The lowest BCUT2D eigenvalue weighted by atomic mass is 10.1. The minimum absolute atomic E-state index is 0.0318. The molecule has 0 fully saturated rings. The summed E-state index contributed by atoms with van der Waals surface area (Å²) in [5.41, 5.74) is 2.12. The largest absolute Gasteiger partial charge is 0.496 e. The normalized spacial score (nSPS) is 10.8. The first kappa shape index (κ1) is 18.6. The van der Waals surface area contributed by atoms with Gasteiger partial charge in [0.05, 0.1) is 25.5 Å². The minimum Gasteiger partial charge on any atom is -0.496 e. The van der Waals surface area contributed by atoms with Crippen LogP contribution in [0.3, 0.4) is 0 Å². The summed E-state index contributed by atoms with van der Waals surface area (Å²) in [6.07, 6.45) is 7.00. The highest BCUT2D eigenvalue weighted by atomic mass is 35.5. The molecule has 0 aliphatic heterocycles. The van der Waals surface area contributed by atoms with Gasteiger partial charge in [0, 0.05) is 29.2 Å². The molecule has 3 heterocycles. The van der Waals surface area contributed by atoms with E-state index in [1.165, 1.54) is 22.5 Å². The smallest absolute Gasteiger partial charge is 0.261 e. The number of carbonyl (C=O) groups is 2. The Labute approximate surface area is 169 Å². The van der Waals surface area contributed by atoms with Crippen molar-refractivity contribution in [2.24, 2.45) is 0 Å². The molecule has 0 atom stereocenters. The van der Waals surface area contributed by atoms with Crippen molar-refractivity contribution in [2.75, 3.05) is 12.4 Å². The van der Waals surface area contributed by atoms with Gasteiger partial charge in [-0.25, -0.2) is 9.50 Å². The molecule has 4 aromatic rings. The Kier molecular flexibility index (Phi) is 4.96. The number of fused-ring (bicyclic) bond motifs is 1. The Morgan fingerprint density at radius 1 is 1.38 bits per heavy atom. The number of rotatable bonds is 6. The molecule has 0 aliphatic rings. The molecule has 0 bridgehead atoms. The lowest BCUT2D eigenvalue weighted by molar-refractivity contribution is -0.108. The van der Waals surface area contributed by atoms with Gasteiger partial charge in [-0.1, -0.05) is 11.6 Å². The SMILES string of the molecule is COc1ccc(Cl)cc1-c1nn(CC=O)cc1NC(=O)c1cnn2cccnc12. The van der Waals surface area contributed by atoms with Crippen molar-refractivity contribution < 1.29 is 14.3 Å². The molecule has 146 valence electrons. The van der Waals surface area contributed by atoms with E-state index in [0.717, 1.165) is 0 Å². The predicted octanol–water partition coefficient (Wildman–Crippen LogP) is 2.71. The van der Waals surface area contributed by atoms with Gasteiger partial charge in [0.2, 0.25) is 0 Å². The van der Waals surface area contributed by atoms with Crippen LogP contribution < -0.4 is 10.1 Å². The van der Waals surface area contributed by atoms with Crippen molar-refractivity contribution in [3.63, 3.8) is 0 Å². The number of ether oxygens (including phenoxy) is 1. The fourth-order valence-electron chi connectivity index (χ4n) is 2.92. The molecule has 1 N–H and O–H groups in total. The summed E-state index contributed by atoms with van der Waals surface area (Å²) in [5.74, 6) is 0.116. The summed E-state index contributed by atoms with van der Waals surface area (Å²) in [7, 11) is 1.53. The van der Waals surface area contributed by atoms with Crippen molar-refractivity contribution in [3.05, 3.63) is 59.6 Å². The van der Waals surface area contributed by atoms with Gasteiger partial charge >= 0.3 is 0 Å². The first-order valence-corrected chi connectivity index (χ1v) is 8.93. The van der Waals surface area contributed by atoms with Gasteiger partial charge in [0.15, 0.2) is 5.65 Å². The first-order chi connectivity index (χ1) is 14.1. The number of carbonyl (C=O) groups excluding carboxylic acids is 2. The lowest BCUT2D eigenvalue weighted by Crippen LogP contribution is -2.12. The van der Waals surface area contributed by atoms with Crippen LogP contribution in [0.15, 0.2) is 49.1 Å². The lowest BCUT2D eigenvalue weighted by Gasteiger charge is -2.09. The van der Waals surface area contributed by atoms with Crippen LogP contribution in [0.2, 0.25) is 5.02 Å². The van der Waals surface area contributed by atoms with E-state index in [1.54, 1.807) is 42.9 Å². The molecule has 0 radical (unpaired) electrons. The number of nitrogens with zero attached hydrogens (tertiary/aromatic N) is 5. The molecule has 0 aliphatic carbocycles. The molecule has 29 heavy (non-hydrogen) atoms. The molecule has 3 aromatic heterocycles. The standard InChI is InChI=1S/C19H15ClN6O3/c1-29-16-4-3-12(20)9-13(16)17-15(11-25(24-17)7-8-27)23-19(28)14-10-22-26-6-2-5-21-18(14)26/h2-6,8-11H,7H2,1H3,(H,23,28). The van der Waals surface area contributed by atoms with Crippen molar-refractivity contribution >= 4 is 35.1 Å². The number of hydrogen-bond acceptors (Lipinski definition) is 6. The van der Waals surface area contributed by atoms with E-state index >= 15 is 0 Å². The predicted molar refractivity (Wildman–Crippen MR) is 106 cm³/mol. The number of halogens is 1. The molecular formula is C19H15ClN6O3. The van der Waals surface area contributed by atoms with Crippen LogP contribution in [0.4, 0.5) is 5.69 Å².